The van der Waals surface area contributed by atoms with Crippen LogP contribution in [0.3, 0.4) is 0 Å². The van der Waals surface area contributed by atoms with Crippen LogP contribution in [0.15, 0.2) is 59.4 Å². The number of aromatic nitrogens is 3. The Morgan fingerprint density at radius 2 is 2.10 bits per heavy atom. The molecule has 6 nitrogen and oxygen atoms in total. The van der Waals surface area contributed by atoms with Crippen molar-refractivity contribution in [1.82, 2.24) is 20.3 Å². The quantitative estimate of drug-likeness (QED) is 0.776. The maximum Gasteiger partial charge on any atom is 0.273 e. The van der Waals surface area contributed by atoms with Gasteiger partial charge in [-0.25, -0.2) is 0 Å². The molecule has 0 aliphatic carbocycles. The summed E-state index contributed by atoms with van der Waals surface area (Å²) in [7, 11) is 0. The van der Waals surface area contributed by atoms with Crippen molar-refractivity contribution < 1.29 is 9.32 Å². The Labute approximate surface area is 121 Å². The van der Waals surface area contributed by atoms with Gasteiger partial charge in [-0.2, -0.15) is 5.10 Å². The molecule has 0 aliphatic heterocycles. The lowest BCUT2D eigenvalue weighted by Gasteiger charge is -2.02. The Morgan fingerprint density at radius 1 is 1.24 bits per heavy atom. The van der Waals surface area contributed by atoms with Crippen molar-refractivity contribution in [2.24, 2.45) is 0 Å². The minimum atomic E-state index is -0.256. The number of carbonyl (C=O) groups is 1. The van der Waals surface area contributed by atoms with Crippen LogP contribution in [0.4, 0.5) is 0 Å². The highest BCUT2D eigenvalue weighted by molar-refractivity contribution is 5.93. The smallest absolute Gasteiger partial charge is 0.273 e. The van der Waals surface area contributed by atoms with Gasteiger partial charge in [-0.3, -0.25) is 9.48 Å². The van der Waals surface area contributed by atoms with E-state index < -0.39 is 0 Å². The molecular formula is C15H14N4O2. The molecule has 6 heteroatoms. The first kappa shape index (κ1) is 13.1. The maximum absolute atomic E-state index is 12.0. The van der Waals surface area contributed by atoms with Crippen LogP contribution in [0.25, 0.3) is 11.3 Å². The summed E-state index contributed by atoms with van der Waals surface area (Å²) in [6.07, 6.45) is 3.54. The van der Waals surface area contributed by atoms with Gasteiger partial charge in [0.25, 0.3) is 5.91 Å². The molecule has 0 saturated carbocycles. The number of rotatable bonds is 5. The summed E-state index contributed by atoms with van der Waals surface area (Å²) in [6, 6.07) is 13.0. The van der Waals surface area contributed by atoms with Crippen LogP contribution >= 0.6 is 0 Å². The molecule has 0 saturated heterocycles. The lowest BCUT2D eigenvalue weighted by Crippen LogP contribution is -2.27. The van der Waals surface area contributed by atoms with E-state index in [9.17, 15) is 4.79 Å². The highest BCUT2D eigenvalue weighted by atomic mass is 16.5. The molecule has 1 aromatic carbocycles. The van der Waals surface area contributed by atoms with Crippen LogP contribution in [0, 0.1) is 0 Å². The fourth-order valence-electron chi connectivity index (χ4n) is 1.93. The Balaban J connectivity index is 1.59. The van der Waals surface area contributed by atoms with E-state index in [0.717, 1.165) is 5.56 Å². The number of carbonyl (C=O) groups excluding carboxylic acids is 1. The number of nitrogens with one attached hydrogen (secondary N) is 1. The summed E-state index contributed by atoms with van der Waals surface area (Å²) < 4.78 is 6.94. The zero-order valence-corrected chi connectivity index (χ0v) is 11.3. The van der Waals surface area contributed by atoms with Crippen molar-refractivity contribution in [2.75, 3.05) is 6.54 Å². The summed E-state index contributed by atoms with van der Waals surface area (Å²) in [5.74, 6) is 0.320. The summed E-state index contributed by atoms with van der Waals surface area (Å²) in [6.45, 7) is 1.09. The topological polar surface area (TPSA) is 73.0 Å². The highest BCUT2D eigenvalue weighted by Crippen LogP contribution is 2.19. The van der Waals surface area contributed by atoms with Crippen LogP contribution in [0.2, 0.25) is 0 Å². The van der Waals surface area contributed by atoms with E-state index in [1.165, 1.54) is 0 Å². The SMILES string of the molecule is O=C(NCCn1cccn1)c1cc(-c2ccccc2)on1. The average Bonchev–Trinajstić information content (AvgIpc) is 3.20. The fraction of sp³-hybridized carbons (Fsp3) is 0.133. The number of nitrogens with zero attached hydrogens (tertiary/aromatic N) is 3. The van der Waals surface area contributed by atoms with Gasteiger partial charge in [-0.1, -0.05) is 35.5 Å². The van der Waals surface area contributed by atoms with Gasteiger partial charge in [-0.15, -0.1) is 0 Å². The Kier molecular flexibility index (Phi) is 3.77. The van der Waals surface area contributed by atoms with Gasteiger partial charge in [0.05, 0.1) is 6.54 Å². The van der Waals surface area contributed by atoms with Crippen molar-refractivity contribution >= 4 is 5.91 Å². The third-order valence-corrected chi connectivity index (χ3v) is 2.99. The fourth-order valence-corrected chi connectivity index (χ4v) is 1.93. The van der Waals surface area contributed by atoms with E-state index in [-0.39, 0.29) is 11.6 Å². The van der Waals surface area contributed by atoms with E-state index in [1.54, 1.807) is 16.9 Å². The molecule has 0 spiro atoms. The standard InChI is InChI=1S/C15H14N4O2/c20-15(16-8-10-19-9-4-7-17-19)13-11-14(21-18-13)12-5-2-1-3-6-12/h1-7,9,11H,8,10H2,(H,16,20). The zero-order chi connectivity index (χ0) is 14.5. The van der Waals surface area contributed by atoms with Gasteiger partial charge in [0, 0.05) is 30.6 Å². The lowest BCUT2D eigenvalue weighted by atomic mass is 10.1. The minimum absolute atomic E-state index is 0.256. The van der Waals surface area contributed by atoms with E-state index in [1.807, 2.05) is 42.6 Å². The monoisotopic (exact) mass is 282 g/mol. The molecule has 2 aromatic heterocycles. The number of hydrogen-bond donors (Lipinski definition) is 1. The zero-order valence-electron chi connectivity index (χ0n) is 11.3. The van der Waals surface area contributed by atoms with Crippen molar-refractivity contribution in [1.29, 1.82) is 0 Å². The van der Waals surface area contributed by atoms with Crippen LogP contribution in [0.1, 0.15) is 10.5 Å². The Bertz CT molecular complexity index is 704. The Hall–Kier alpha value is -2.89. The van der Waals surface area contributed by atoms with Crippen LogP contribution < -0.4 is 5.32 Å². The predicted molar refractivity (Wildman–Crippen MR) is 76.5 cm³/mol. The molecule has 1 amide bonds. The molecule has 0 fully saturated rings. The summed E-state index contributed by atoms with van der Waals surface area (Å²) in [5.41, 5.74) is 1.16. The first-order valence-electron chi connectivity index (χ1n) is 6.61. The number of benzene rings is 1. The van der Waals surface area contributed by atoms with Crippen LogP contribution in [-0.4, -0.2) is 27.4 Å². The lowest BCUT2D eigenvalue weighted by molar-refractivity contribution is 0.0943. The molecule has 1 N–H and O–H groups in total. The summed E-state index contributed by atoms with van der Waals surface area (Å²) >= 11 is 0. The van der Waals surface area contributed by atoms with Gasteiger partial charge in [0.2, 0.25) is 0 Å². The van der Waals surface area contributed by atoms with Gasteiger partial charge < -0.3 is 9.84 Å². The van der Waals surface area contributed by atoms with E-state index >= 15 is 0 Å². The Morgan fingerprint density at radius 3 is 2.86 bits per heavy atom. The van der Waals surface area contributed by atoms with E-state index in [2.05, 4.69) is 15.6 Å². The first-order valence-corrected chi connectivity index (χ1v) is 6.61. The highest BCUT2D eigenvalue weighted by Gasteiger charge is 2.12. The molecular weight excluding hydrogens is 268 g/mol. The normalized spacial score (nSPS) is 10.5. The molecule has 0 unspecified atom stereocenters. The van der Waals surface area contributed by atoms with Gasteiger partial charge in [0.1, 0.15) is 0 Å². The largest absolute Gasteiger partial charge is 0.355 e. The molecule has 0 aliphatic rings. The number of amides is 1. The summed E-state index contributed by atoms with van der Waals surface area (Å²) in [4.78, 5) is 12.0. The third-order valence-electron chi connectivity index (χ3n) is 2.99. The van der Waals surface area contributed by atoms with Gasteiger partial charge >= 0.3 is 0 Å². The molecule has 106 valence electrons. The van der Waals surface area contributed by atoms with Crippen LogP contribution in [0.5, 0.6) is 0 Å². The third kappa shape index (κ3) is 3.17. The molecule has 0 bridgehead atoms. The van der Waals surface area contributed by atoms with Crippen molar-refractivity contribution in [2.45, 2.75) is 6.54 Å². The molecule has 21 heavy (non-hydrogen) atoms. The second-order valence-electron chi connectivity index (χ2n) is 4.47. The van der Waals surface area contributed by atoms with Crippen molar-refractivity contribution in [3.63, 3.8) is 0 Å². The number of hydrogen-bond acceptors (Lipinski definition) is 4. The van der Waals surface area contributed by atoms with E-state index in [0.29, 0.717) is 18.8 Å². The molecule has 2 heterocycles. The molecule has 3 rings (SSSR count). The predicted octanol–water partition coefficient (Wildman–Crippen LogP) is 1.97. The molecule has 0 radical (unpaired) electrons. The summed E-state index contributed by atoms with van der Waals surface area (Å²) in [5, 5.41) is 10.6. The van der Waals surface area contributed by atoms with Crippen LogP contribution in [-0.2, 0) is 6.54 Å². The van der Waals surface area contributed by atoms with Crippen molar-refractivity contribution in [3.05, 3.63) is 60.6 Å². The maximum atomic E-state index is 12.0. The second kappa shape index (κ2) is 6.04. The molecule has 3 aromatic rings. The van der Waals surface area contributed by atoms with Crippen molar-refractivity contribution in [3.8, 4) is 11.3 Å². The van der Waals surface area contributed by atoms with E-state index in [4.69, 9.17) is 4.52 Å². The second-order valence-corrected chi connectivity index (χ2v) is 4.47. The first-order chi connectivity index (χ1) is 10.3. The minimum Gasteiger partial charge on any atom is -0.355 e. The van der Waals surface area contributed by atoms with Gasteiger partial charge in [0.15, 0.2) is 11.5 Å². The average molecular weight is 282 g/mol. The molecule has 0 atom stereocenters. The van der Waals surface area contributed by atoms with Gasteiger partial charge in [-0.05, 0) is 6.07 Å².